The first-order valence-corrected chi connectivity index (χ1v) is 4.88. The number of hydrazine groups is 1. The minimum absolute atomic E-state index is 0.182. The summed E-state index contributed by atoms with van der Waals surface area (Å²) in [6.45, 7) is 0. The third-order valence-corrected chi connectivity index (χ3v) is 2.21. The summed E-state index contributed by atoms with van der Waals surface area (Å²) in [5.41, 5.74) is 2.96. The highest BCUT2D eigenvalue weighted by molar-refractivity contribution is 5.58. The largest absolute Gasteiger partial charge is 0.494 e. The van der Waals surface area contributed by atoms with Crippen molar-refractivity contribution >= 4 is 5.82 Å². The molecular weight excluding hydrogens is 223 g/mol. The van der Waals surface area contributed by atoms with Gasteiger partial charge < -0.3 is 10.2 Å². The average molecular weight is 234 g/mol. The Morgan fingerprint density at radius 3 is 2.82 bits per heavy atom. The zero-order valence-electron chi connectivity index (χ0n) is 9.14. The van der Waals surface area contributed by atoms with Gasteiger partial charge in [-0.2, -0.15) is 0 Å². The number of halogens is 1. The second-order valence-corrected chi connectivity index (χ2v) is 3.26. The number of nitrogens with two attached hydrogens (primary N) is 1. The van der Waals surface area contributed by atoms with Crippen LogP contribution >= 0.6 is 0 Å². The number of nitrogens with one attached hydrogen (secondary N) is 1. The fourth-order valence-corrected chi connectivity index (χ4v) is 1.38. The van der Waals surface area contributed by atoms with Crippen LogP contribution in [0.5, 0.6) is 5.75 Å². The molecule has 0 saturated heterocycles. The van der Waals surface area contributed by atoms with Gasteiger partial charge in [-0.1, -0.05) is 0 Å². The Morgan fingerprint density at radius 1 is 1.35 bits per heavy atom. The highest BCUT2D eigenvalue weighted by Gasteiger charge is 2.07. The van der Waals surface area contributed by atoms with Crippen LogP contribution in [0.1, 0.15) is 0 Å². The number of rotatable bonds is 3. The normalized spacial score (nSPS) is 10.1. The monoisotopic (exact) mass is 234 g/mol. The standard InChI is InChI=1S/C11H11FN4O/c1-17-9-3-2-7(6-8(9)12)11-14-5-4-10(15-11)16-13/h2-6H,13H2,1H3,(H,14,15,16). The van der Waals surface area contributed by atoms with Gasteiger partial charge in [0, 0.05) is 17.8 Å². The lowest BCUT2D eigenvalue weighted by molar-refractivity contribution is 0.386. The van der Waals surface area contributed by atoms with Crippen LogP contribution in [0.25, 0.3) is 11.4 Å². The van der Waals surface area contributed by atoms with Crippen LogP contribution in [-0.4, -0.2) is 17.1 Å². The van der Waals surface area contributed by atoms with Crippen LogP contribution in [0.3, 0.4) is 0 Å². The van der Waals surface area contributed by atoms with E-state index in [4.69, 9.17) is 10.6 Å². The molecule has 0 unspecified atom stereocenters. The lowest BCUT2D eigenvalue weighted by Gasteiger charge is -2.05. The van der Waals surface area contributed by atoms with Crippen molar-refractivity contribution in [2.24, 2.45) is 5.84 Å². The van der Waals surface area contributed by atoms with Gasteiger partial charge in [0.05, 0.1) is 7.11 Å². The van der Waals surface area contributed by atoms with Gasteiger partial charge in [-0.25, -0.2) is 20.2 Å². The maximum absolute atomic E-state index is 13.5. The molecule has 5 nitrogen and oxygen atoms in total. The zero-order valence-corrected chi connectivity index (χ0v) is 9.14. The molecule has 3 N–H and O–H groups in total. The van der Waals surface area contributed by atoms with Gasteiger partial charge >= 0.3 is 0 Å². The van der Waals surface area contributed by atoms with Crippen molar-refractivity contribution < 1.29 is 9.13 Å². The summed E-state index contributed by atoms with van der Waals surface area (Å²) in [5.74, 6) is 5.82. The molecule has 0 bridgehead atoms. The van der Waals surface area contributed by atoms with E-state index in [9.17, 15) is 4.39 Å². The van der Waals surface area contributed by atoms with Gasteiger partial charge in [0.2, 0.25) is 0 Å². The predicted molar refractivity (Wildman–Crippen MR) is 61.8 cm³/mol. The predicted octanol–water partition coefficient (Wildman–Crippen LogP) is 1.58. The first-order chi connectivity index (χ1) is 8.24. The van der Waals surface area contributed by atoms with E-state index < -0.39 is 5.82 Å². The molecule has 17 heavy (non-hydrogen) atoms. The number of hydrogen-bond donors (Lipinski definition) is 2. The van der Waals surface area contributed by atoms with E-state index in [-0.39, 0.29) is 5.75 Å². The summed E-state index contributed by atoms with van der Waals surface area (Å²) >= 11 is 0. The van der Waals surface area contributed by atoms with Gasteiger partial charge in [-0.3, -0.25) is 0 Å². The number of benzene rings is 1. The molecule has 2 aromatic rings. The maximum Gasteiger partial charge on any atom is 0.165 e. The number of aromatic nitrogens is 2. The van der Waals surface area contributed by atoms with E-state index in [0.29, 0.717) is 17.2 Å². The third-order valence-electron chi connectivity index (χ3n) is 2.21. The molecule has 1 heterocycles. The van der Waals surface area contributed by atoms with Crippen molar-refractivity contribution in [2.45, 2.75) is 0 Å². The summed E-state index contributed by atoms with van der Waals surface area (Å²) in [6, 6.07) is 6.13. The van der Waals surface area contributed by atoms with E-state index in [1.54, 1.807) is 18.3 Å². The molecule has 0 aliphatic heterocycles. The molecule has 0 amide bonds. The molecule has 0 spiro atoms. The molecule has 0 fully saturated rings. The molecule has 0 aliphatic rings. The van der Waals surface area contributed by atoms with Gasteiger partial charge in [0.25, 0.3) is 0 Å². The summed E-state index contributed by atoms with van der Waals surface area (Å²) in [4.78, 5) is 8.14. The quantitative estimate of drug-likeness (QED) is 0.623. The zero-order chi connectivity index (χ0) is 12.3. The number of nitrogen functional groups attached to an aromatic ring is 1. The Morgan fingerprint density at radius 2 is 2.18 bits per heavy atom. The molecule has 0 radical (unpaired) electrons. The van der Waals surface area contributed by atoms with Gasteiger partial charge in [-0.05, 0) is 18.2 Å². The molecule has 0 aliphatic carbocycles. The van der Waals surface area contributed by atoms with Crippen molar-refractivity contribution in [1.29, 1.82) is 0 Å². The summed E-state index contributed by atoms with van der Waals surface area (Å²) in [5, 5.41) is 0. The van der Waals surface area contributed by atoms with E-state index >= 15 is 0 Å². The number of ether oxygens (including phenoxy) is 1. The SMILES string of the molecule is COc1ccc(-c2nccc(NN)n2)cc1F. The number of nitrogens with zero attached hydrogens (tertiary/aromatic N) is 2. The average Bonchev–Trinajstić information content (AvgIpc) is 2.38. The molecule has 1 aromatic heterocycles. The number of anilines is 1. The van der Waals surface area contributed by atoms with Crippen LogP contribution in [0.4, 0.5) is 10.2 Å². The number of hydrogen-bond acceptors (Lipinski definition) is 5. The van der Waals surface area contributed by atoms with Crippen molar-refractivity contribution in [2.75, 3.05) is 12.5 Å². The van der Waals surface area contributed by atoms with Crippen LogP contribution < -0.4 is 16.0 Å². The number of methoxy groups -OCH3 is 1. The minimum Gasteiger partial charge on any atom is -0.494 e. The van der Waals surface area contributed by atoms with E-state index in [0.717, 1.165) is 0 Å². The van der Waals surface area contributed by atoms with Crippen molar-refractivity contribution in [3.63, 3.8) is 0 Å². The lowest BCUT2D eigenvalue weighted by Crippen LogP contribution is -2.09. The Balaban J connectivity index is 2.42. The molecule has 0 atom stereocenters. The van der Waals surface area contributed by atoms with E-state index in [1.807, 2.05) is 0 Å². The Labute approximate surface area is 97.4 Å². The van der Waals surface area contributed by atoms with Crippen LogP contribution in [0, 0.1) is 5.82 Å². The first kappa shape index (κ1) is 11.3. The minimum atomic E-state index is -0.459. The molecule has 6 heteroatoms. The van der Waals surface area contributed by atoms with Crippen LogP contribution in [-0.2, 0) is 0 Å². The Hall–Kier alpha value is -2.21. The third kappa shape index (κ3) is 2.31. The van der Waals surface area contributed by atoms with Crippen molar-refractivity contribution in [3.8, 4) is 17.1 Å². The van der Waals surface area contributed by atoms with E-state index in [1.165, 1.54) is 19.2 Å². The van der Waals surface area contributed by atoms with Crippen LogP contribution in [0.15, 0.2) is 30.5 Å². The molecule has 88 valence electrons. The maximum atomic E-state index is 13.5. The topological polar surface area (TPSA) is 73.1 Å². The highest BCUT2D eigenvalue weighted by Crippen LogP contribution is 2.23. The molecule has 2 rings (SSSR count). The molecule has 1 aromatic carbocycles. The van der Waals surface area contributed by atoms with Crippen LogP contribution in [0.2, 0.25) is 0 Å². The lowest BCUT2D eigenvalue weighted by atomic mass is 10.2. The molecular formula is C11H11FN4O. The molecule has 0 saturated carbocycles. The second-order valence-electron chi connectivity index (χ2n) is 3.26. The fourth-order valence-electron chi connectivity index (χ4n) is 1.38. The van der Waals surface area contributed by atoms with Crippen molar-refractivity contribution in [3.05, 3.63) is 36.3 Å². The van der Waals surface area contributed by atoms with Crippen molar-refractivity contribution in [1.82, 2.24) is 9.97 Å². The van der Waals surface area contributed by atoms with Gasteiger partial charge in [-0.15, -0.1) is 0 Å². The van der Waals surface area contributed by atoms with Gasteiger partial charge in [0.15, 0.2) is 17.4 Å². The summed E-state index contributed by atoms with van der Waals surface area (Å²) in [7, 11) is 1.41. The first-order valence-electron chi connectivity index (χ1n) is 4.88. The Kier molecular flexibility index (Phi) is 3.15. The smallest absolute Gasteiger partial charge is 0.165 e. The highest BCUT2D eigenvalue weighted by atomic mass is 19.1. The summed E-state index contributed by atoms with van der Waals surface area (Å²) < 4.78 is 18.3. The summed E-state index contributed by atoms with van der Waals surface area (Å²) in [6.07, 6.45) is 1.54. The van der Waals surface area contributed by atoms with E-state index in [2.05, 4.69) is 15.4 Å². The van der Waals surface area contributed by atoms with Gasteiger partial charge in [0.1, 0.15) is 5.82 Å². The fraction of sp³-hybridized carbons (Fsp3) is 0.0909. The Bertz CT molecular complexity index is 533. The second kappa shape index (κ2) is 4.75.